The van der Waals surface area contributed by atoms with E-state index in [1.54, 1.807) is 4.90 Å². The molecule has 0 spiro atoms. The van der Waals surface area contributed by atoms with Crippen LogP contribution in [0, 0.1) is 19.3 Å². The number of likely N-dealkylation sites (N-methyl/N-ethyl adjacent to an activating group) is 1. The summed E-state index contributed by atoms with van der Waals surface area (Å²) >= 11 is 1.40. The van der Waals surface area contributed by atoms with Crippen molar-refractivity contribution in [1.82, 2.24) is 24.8 Å². The van der Waals surface area contributed by atoms with E-state index < -0.39 is 27.3 Å². The van der Waals surface area contributed by atoms with Crippen LogP contribution in [0.5, 0.6) is 6.01 Å². The van der Waals surface area contributed by atoms with Crippen molar-refractivity contribution in [3.05, 3.63) is 66.1 Å². The monoisotopic (exact) mass is 808 g/mol. The van der Waals surface area contributed by atoms with Crippen molar-refractivity contribution in [3.8, 4) is 17.3 Å². The first kappa shape index (κ1) is 31.8. The predicted molar refractivity (Wildman–Crippen MR) is 177 cm³/mol. The van der Waals surface area contributed by atoms with E-state index in [1.807, 2.05) is 20.2 Å². The summed E-state index contributed by atoms with van der Waals surface area (Å²) in [6.45, 7) is 11.1. The van der Waals surface area contributed by atoms with Crippen LogP contribution in [0.4, 0.5) is 10.2 Å². The Morgan fingerprint density at radius 1 is 1.26 bits per heavy atom. The Morgan fingerprint density at radius 3 is 2.67 bits per heavy atom. The molecule has 0 saturated carbocycles. The zero-order valence-corrected chi connectivity index (χ0v) is 29.5. The van der Waals surface area contributed by atoms with Crippen LogP contribution in [0.3, 0.4) is 0 Å². The Labute approximate surface area is 277 Å². The standard InChI is InChI=1S/C32H37FI2N7O/c1-19-10-7-11-23-12-8-14-25(27(19)23)28-20(2)29-26(16-37-28)31(39-32(38-29)43-17-24-13-9-15-40(24)5)41(6)35-22(4)42(18-34)30(36)21(3)33/h7-8,10-12,14,16,22,24,36H,3,9,13,15,17-18H2,1-2,4-6H3/q-1/t22-,24-/m0/s1. The fourth-order valence-electron chi connectivity index (χ4n) is 5.64. The SMILES string of the molecule is C=C(F)C(=N)N(CI)[C@@H](C)[I-]N(C)c1nc(OC[C@@H]2CCCN2C)nc2c(C)c(-c3cccc4cccc(C)c34)ncc12. The third-order valence-electron chi connectivity index (χ3n) is 8.06. The number of hydrogen-bond acceptors (Lipinski definition) is 7. The summed E-state index contributed by atoms with van der Waals surface area (Å²) in [7, 11) is 4.13. The molecule has 0 aliphatic carbocycles. The van der Waals surface area contributed by atoms with Crippen molar-refractivity contribution in [3.63, 3.8) is 0 Å². The van der Waals surface area contributed by atoms with Gasteiger partial charge in [0.25, 0.3) is 0 Å². The summed E-state index contributed by atoms with van der Waals surface area (Å²) in [6.07, 6.45) is 4.11. The number of fused-ring (bicyclic) bond motifs is 2. The topological polar surface area (TPSA) is 81.5 Å². The van der Waals surface area contributed by atoms with E-state index in [-0.39, 0.29) is 9.88 Å². The number of likely N-dealkylation sites (tertiary alicyclic amines) is 1. The number of nitrogens with zero attached hydrogens (tertiary/aromatic N) is 6. The number of rotatable bonds is 10. The van der Waals surface area contributed by atoms with Gasteiger partial charge in [-0.15, -0.1) is 0 Å². The number of aryl methyl sites for hydroxylation is 2. The maximum atomic E-state index is 13.9. The van der Waals surface area contributed by atoms with Gasteiger partial charge < -0.3 is 0 Å². The van der Waals surface area contributed by atoms with E-state index in [1.165, 1.54) is 16.3 Å². The Bertz CT molecular complexity index is 1680. The number of pyridine rings is 1. The van der Waals surface area contributed by atoms with Gasteiger partial charge in [0.05, 0.1) is 0 Å². The van der Waals surface area contributed by atoms with Gasteiger partial charge in [-0.1, -0.05) is 0 Å². The molecule has 2 aromatic heterocycles. The molecule has 8 nitrogen and oxygen atoms in total. The van der Waals surface area contributed by atoms with Crippen LogP contribution in [0.2, 0.25) is 0 Å². The molecular formula is C32H37FI2N7O-. The van der Waals surface area contributed by atoms with Crippen molar-refractivity contribution in [1.29, 1.82) is 5.41 Å². The number of nitrogens with one attached hydrogen (secondary N) is 1. The molecular weight excluding hydrogens is 771 g/mol. The molecule has 11 heteroatoms. The minimum atomic E-state index is -0.766. The number of alkyl halides is 2. The summed E-state index contributed by atoms with van der Waals surface area (Å²) in [5, 5.41) is 11.4. The molecule has 1 aliphatic heterocycles. The molecule has 5 rings (SSSR count). The normalized spacial score (nSPS) is 16.1. The van der Waals surface area contributed by atoms with Crippen LogP contribution in [0.15, 0.2) is 55.0 Å². The number of ether oxygens (including phenoxy) is 1. The predicted octanol–water partition coefficient (Wildman–Crippen LogP) is 3.88. The minimum absolute atomic E-state index is 0.0748. The van der Waals surface area contributed by atoms with Crippen LogP contribution in [-0.2, 0) is 0 Å². The molecule has 0 bridgehead atoms. The van der Waals surface area contributed by atoms with E-state index in [0.29, 0.717) is 23.2 Å². The molecule has 1 saturated heterocycles. The molecule has 1 fully saturated rings. The van der Waals surface area contributed by atoms with Gasteiger partial charge >= 0.3 is 279 Å². The summed E-state index contributed by atoms with van der Waals surface area (Å²) in [5.74, 6) is -0.180. The Balaban J connectivity index is 1.59. The van der Waals surface area contributed by atoms with Crippen LogP contribution >= 0.6 is 22.6 Å². The summed E-state index contributed by atoms with van der Waals surface area (Å²) in [6, 6.07) is 13.3. The Hall–Kier alpha value is -2.65. The van der Waals surface area contributed by atoms with Crippen LogP contribution < -0.4 is 29.3 Å². The van der Waals surface area contributed by atoms with Crippen LogP contribution in [-0.4, -0.2) is 72.5 Å². The summed E-state index contributed by atoms with van der Waals surface area (Å²) in [5.41, 5.74) is 4.91. The number of amidine groups is 1. The molecule has 0 radical (unpaired) electrons. The molecule has 0 amide bonds. The average Bonchev–Trinajstić information content (AvgIpc) is 3.40. The van der Waals surface area contributed by atoms with Crippen molar-refractivity contribution < 1.29 is 30.6 Å². The number of anilines is 1. The quantitative estimate of drug-likeness (QED) is 0.0652. The van der Waals surface area contributed by atoms with Gasteiger partial charge in [-0.25, -0.2) is 0 Å². The summed E-state index contributed by atoms with van der Waals surface area (Å²) < 4.78 is 22.7. The van der Waals surface area contributed by atoms with Gasteiger partial charge in [-0.2, -0.15) is 0 Å². The second-order valence-corrected chi connectivity index (χ2v) is 15.4. The van der Waals surface area contributed by atoms with Crippen molar-refractivity contribution in [2.45, 2.75) is 43.7 Å². The van der Waals surface area contributed by atoms with Crippen LogP contribution in [0.1, 0.15) is 30.9 Å². The zero-order valence-electron chi connectivity index (χ0n) is 25.2. The first-order valence-corrected chi connectivity index (χ1v) is 18.0. The molecule has 4 aromatic rings. The van der Waals surface area contributed by atoms with Gasteiger partial charge in [0, 0.05) is 0 Å². The molecule has 0 unspecified atom stereocenters. The number of hydrogen-bond donors (Lipinski definition) is 1. The number of halogens is 3. The molecule has 1 N–H and O–H groups in total. The van der Waals surface area contributed by atoms with Crippen LogP contribution in [0.25, 0.3) is 32.9 Å². The second-order valence-electron chi connectivity index (χ2n) is 10.9. The van der Waals surface area contributed by atoms with Gasteiger partial charge in [0.2, 0.25) is 0 Å². The van der Waals surface area contributed by atoms with E-state index in [0.717, 1.165) is 52.9 Å². The van der Waals surface area contributed by atoms with E-state index in [2.05, 4.69) is 94.5 Å². The Kier molecular flexibility index (Phi) is 10.0. The summed E-state index contributed by atoms with van der Waals surface area (Å²) in [4.78, 5) is 18.9. The third kappa shape index (κ3) is 6.58. The number of benzene rings is 2. The zero-order chi connectivity index (χ0) is 30.8. The first-order chi connectivity index (χ1) is 20.6. The van der Waals surface area contributed by atoms with Gasteiger partial charge in [-0.3, -0.25) is 0 Å². The van der Waals surface area contributed by atoms with Gasteiger partial charge in [-0.05, 0) is 0 Å². The molecule has 43 heavy (non-hydrogen) atoms. The molecule has 1 aliphatic rings. The van der Waals surface area contributed by atoms with Gasteiger partial charge in [0.1, 0.15) is 0 Å². The number of aromatic nitrogens is 3. The maximum absolute atomic E-state index is 13.9. The van der Waals surface area contributed by atoms with Gasteiger partial charge in [0.15, 0.2) is 0 Å². The third-order valence-corrected chi connectivity index (χ3v) is 11.6. The van der Waals surface area contributed by atoms with Crippen molar-refractivity contribution >= 4 is 55.9 Å². The second kappa shape index (κ2) is 13.6. The van der Waals surface area contributed by atoms with E-state index >= 15 is 0 Å². The van der Waals surface area contributed by atoms with E-state index in [4.69, 9.17) is 25.1 Å². The molecule has 2 aromatic carbocycles. The molecule has 2 atom stereocenters. The average molecular weight is 809 g/mol. The van der Waals surface area contributed by atoms with Crippen molar-refractivity contribution in [2.24, 2.45) is 0 Å². The molecule has 228 valence electrons. The Morgan fingerprint density at radius 2 is 2.00 bits per heavy atom. The van der Waals surface area contributed by atoms with E-state index in [9.17, 15) is 4.39 Å². The molecule has 3 heterocycles. The van der Waals surface area contributed by atoms with Crippen molar-refractivity contribution in [2.75, 3.05) is 34.9 Å². The fraction of sp³-hybridized carbons (Fsp3) is 0.375. The first-order valence-electron chi connectivity index (χ1n) is 14.2. The fourth-order valence-corrected chi connectivity index (χ4v) is 9.94.